The van der Waals surface area contributed by atoms with Gasteiger partial charge in [0.25, 0.3) is 0 Å². The van der Waals surface area contributed by atoms with Crippen LogP contribution in [0.4, 0.5) is 0 Å². The minimum atomic E-state index is -0.103. The van der Waals surface area contributed by atoms with Gasteiger partial charge in [0.2, 0.25) is 11.8 Å². The molecule has 1 saturated heterocycles. The molecule has 2 aliphatic rings. The Morgan fingerprint density at radius 1 is 1.39 bits per heavy atom. The van der Waals surface area contributed by atoms with Crippen molar-refractivity contribution in [2.75, 3.05) is 12.3 Å². The quantitative estimate of drug-likeness (QED) is 0.847. The van der Waals surface area contributed by atoms with E-state index >= 15 is 0 Å². The highest BCUT2D eigenvalue weighted by Gasteiger charge is 2.38. The molecule has 0 bridgehead atoms. The average molecular weight is 329 g/mol. The molecule has 23 heavy (non-hydrogen) atoms. The van der Waals surface area contributed by atoms with E-state index in [2.05, 4.69) is 28.3 Å². The van der Waals surface area contributed by atoms with Gasteiger partial charge >= 0.3 is 0 Å². The van der Waals surface area contributed by atoms with E-state index in [9.17, 15) is 4.79 Å². The molecule has 4 rings (SSSR count). The van der Waals surface area contributed by atoms with E-state index in [4.69, 9.17) is 4.52 Å². The maximum absolute atomic E-state index is 13.2. The molecule has 0 N–H and O–H groups in total. The second-order valence-electron chi connectivity index (χ2n) is 6.06. The standard InChI is InChI=1S/C17H19N3O2S/c1-11-18-16(19-22-11)14-7-4-9-20(14)17(21)15-13-6-3-2-5-12(13)8-10-23-15/h2-3,5-6,14-15H,4,7-10H2,1H3/t14-,15+/m1/s1. The molecular formula is C17H19N3O2S. The first kappa shape index (κ1) is 14.8. The predicted molar refractivity (Wildman–Crippen MR) is 88.1 cm³/mol. The summed E-state index contributed by atoms with van der Waals surface area (Å²) < 4.78 is 5.10. The number of likely N-dealkylation sites (tertiary alicyclic amines) is 1. The molecule has 0 radical (unpaired) electrons. The molecular weight excluding hydrogens is 310 g/mol. The molecule has 2 atom stereocenters. The third kappa shape index (κ3) is 2.65. The number of aryl methyl sites for hydroxylation is 2. The Morgan fingerprint density at radius 2 is 2.26 bits per heavy atom. The van der Waals surface area contributed by atoms with Crippen LogP contribution in [-0.4, -0.2) is 33.2 Å². The van der Waals surface area contributed by atoms with Crippen LogP contribution in [0.5, 0.6) is 0 Å². The molecule has 0 spiro atoms. The molecule has 2 aromatic rings. The molecule has 0 unspecified atom stereocenters. The summed E-state index contributed by atoms with van der Waals surface area (Å²) in [6.07, 6.45) is 2.94. The van der Waals surface area contributed by atoms with Gasteiger partial charge in [0.05, 0.1) is 6.04 Å². The Bertz CT molecular complexity index is 730. The number of fused-ring (bicyclic) bond motifs is 1. The minimum absolute atomic E-state index is 0.0466. The van der Waals surface area contributed by atoms with Crippen LogP contribution in [0, 0.1) is 6.92 Å². The lowest BCUT2D eigenvalue weighted by Gasteiger charge is -2.30. The summed E-state index contributed by atoms with van der Waals surface area (Å²) in [7, 11) is 0. The van der Waals surface area contributed by atoms with Gasteiger partial charge in [-0.2, -0.15) is 4.98 Å². The molecule has 1 aromatic heterocycles. The summed E-state index contributed by atoms with van der Waals surface area (Å²) >= 11 is 1.75. The molecule has 120 valence electrons. The monoisotopic (exact) mass is 329 g/mol. The maximum atomic E-state index is 13.2. The first-order valence-corrected chi connectivity index (χ1v) is 9.09. The van der Waals surface area contributed by atoms with Crippen molar-refractivity contribution in [2.45, 2.75) is 37.5 Å². The zero-order valence-corrected chi connectivity index (χ0v) is 13.9. The first-order chi connectivity index (χ1) is 11.2. The summed E-state index contributed by atoms with van der Waals surface area (Å²) in [5.74, 6) is 2.37. The van der Waals surface area contributed by atoms with Crippen molar-refractivity contribution in [3.8, 4) is 0 Å². The topological polar surface area (TPSA) is 59.2 Å². The van der Waals surface area contributed by atoms with Gasteiger partial charge in [0, 0.05) is 13.5 Å². The number of amides is 1. The van der Waals surface area contributed by atoms with Crippen LogP contribution in [-0.2, 0) is 11.2 Å². The highest BCUT2D eigenvalue weighted by atomic mass is 32.2. The molecule has 3 heterocycles. The lowest BCUT2D eigenvalue weighted by Crippen LogP contribution is -2.35. The van der Waals surface area contributed by atoms with Crippen LogP contribution in [0.15, 0.2) is 28.8 Å². The van der Waals surface area contributed by atoms with E-state index in [0.29, 0.717) is 11.7 Å². The molecule has 6 heteroatoms. The van der Waals surface area contributed by atoms with E-state index in [1.807, 2.05) is 11.0 Å². The SMILES string of the molecule is Cc1nc([C@H]2CCCN2C(=O)[C@H]2SCCc3ccccc32)no1. The van der Waals surface area contributed by atoms with Crippen molar-refractivity contribution < 1.29 is 9.32 Å². The van der Waals surface area contributed by atoms with Crippen LogP contribution < -0.4 is 0 Å². The lowest BCUT2D eigenvalue weighted by atomic mass is 10.0. The van der Waals surface area contributed by atoms with Crippen molar-refractivity contribution in [1.82, 2.24) is 15.0 Å². The minimum Gasteiger partial charge on any atom is -0.340 e. The van der Waals surface area contributed by atoms with Gasteiger partial charge < -0.3 is 9.42 Å². The smallest absolute Gasteiger partial charge is 0.240 e. The number of aromatic nitrogens is 2. The number of hydrogen-bond acceptors (Lipinski definition) is 5. The van der Waals surface area contributed by atoms with Gasteiger partial charge in [-0.1, -0.05) is 29.4 Å². The van der Waals surface area contributed by atoms with Crippen molar-refractivity contribution >= 4 is 17.7 Å². The van der Waals surface area contributed by atoms with Gasteiger partial charge in [0.15, 0.2) is 5.82 Å². The van der Waals surface area contributed by atoms with Crippen LogP contribution in [0.2, 0.25) is 0 Å². The summed E-state index contributed by atoms with van der Waals surface area (Å²) in [6, 6.07) is 8.26. The maximum Gasteiger partial charge on any atom is 0.240 e. The van der Waals surface area contributed by atoms with Gasteiger partial charge in [-0.25, -0.2) is 0 Å². The normalized spacial score (nSPS) is 23.8. The van der Waals surface area contributed by atoms with Gasteiger partial charge in [0.1, 0.15) is 5.25 Å². The van der Waals surface area contributed by atoms with Crippen LogP contribution in [0.25, 0.3) is 0 Å². The van der Waals surface area contributed by atoms with Gasteiger partial charge in [-0.15, -0.1) is 11.8 Å². The third-order valence-electron chi connectivity index (χ3n) is 4.59. The van der Waals surface area contributed by atoms with Gasteiger partial charge in [-0.3, -0.25) is 4.79 Å². The molecule has 1 amide bonds. The number of nitrogens with zero attached hydrogens (tertiary/aromatic N) is 3. The predicted octanol–water partition coefficient (Wildman–Crippen LogP) is 3.07. The van der Waals surface area contributed by atoms with E-state index in [1.165, 1.54) is 11.1 Å². The molecule has 2 aliphatic heterocycles. The third-order valence-corrected chi connectivity index (χ3v) is 5.82. The summed E-state index contributed by atoms with van der Waals surface area (Å²) in [6.45, 7) is 2.56. The fraction of sp³-hybridized carbons (Fsp3) is 0.471. The van der Waals surface area contributed by atoms with E-state index < -0.39 is 0 Å². The zero-order valence-electron chi connectivity index (χ0n) is 13.1. The fourth-order valence-corrected chi connectivity index (χ4v) is 4.76. The fourth-order valence-electron chi connectivity index (χ4n) is 3.50. The highest BCUT2D eigenvalue weighted by Crippen LogP contribution is 2.41. The van der Waals surface area contributed by atoms with Crippen LogP contribution in [0.3, 0.4) is 0 Å². The summed E-state index contributed by atoms with van der Waals surface area (Å²) in [5.41, 5.74) is 2.47. The average Bonchev–Trinajstić information content (AvgIpc) is 3.22. The van der Waals surface area contributed by atoms with Crippen LogP contribution >= 0.6 is 11.8 Å². The Hall–Kier alpha value is -1.82. The highest BCUT2D eigenvalue weighted by molar-refractivity contribution is 8.00. The van der Waals surface area contributed by atoms with Crippen molar-refractivity contribution in [2.24, 2.45) is 0 Å². The Kier molecular flexibility index (Phi) is 3.85. The van der Waals surface area contributed by atoms with Crippen molar-refractivity contribution in [1.29, 1.82) is 0 Å². The largest absolute Gasteiger partial charge is 0.340 e. The van der Waals surface area contributed by atoms with Crippen molar-refractivity contribution in [3.05, 3.63) is 47.1 Å². The Labute approximate surface area is 139 Å². The molecule has 1 fully saturated rings. The summed E-state index contributed by atoms with van der Waals surface area (Å²) in [5, 5.41) is 3.93. The van der Waals surface area contributed by atoms with E-state index in [1.54, 1.807) is 18.7 Å². The second-order valence-corrected chi connectivity index (χ2v) is 7.27. The summed E-state index contributed by atoms with van der Waals surface area (Å²) in [4.78, 5) is 19.5. The number of rotatable bonds is 2. The number of carbonyl (C=O) groups is 1. The molecule has 0 aliphatic carbocycles. The Balaban J connectivity index is 1.62. The molecule has 0 saturated carbocycles. The number of carbonyl (C=O) groups excluding carboxylic acids is 1. The first-order valence-electron chi connectivity index (χ1n) is 8.04. The zero-order chi connectivity index (χ0) is 15.8. The van der Waals surface area contributed by atoms with Crippen molar-refractivity contribution in [3.63, 3.8) is 0 Å². The van der Waals surface area contributed by atoms with E-state index in [0.717, 1.165) is 31.6 Å². The van der Waals surface area contributed by atoms with E-state index in [-0.39, 0.29) is 17.2 Å². The lowest BCUT2D eigenvalue weighted by molar-refractivity contribution is -0.131. The van der Waals surface area contributed by atoms with Crippen LogP contribution in [0.1, 0.15) is 47.0 Å². The number of hydrogen-bond donors (Lipinski definition) is 0. The van der Waals surface area contributed by atoms with Gasteiger partial charge in [-0.05, 0) is 36.1 Å². The number of thioether (sulfide) groups is 1. The Morgan fingerprint density at radius 3 is 3.09 bits per heavy atom. The molecule has 5 nitrogen and oxygen atoms in total. The molecule has 1 aromatic carbocycles. The second kappa shape index (κ2) is 6.00. The number of benzene rings is 1.